The summed E-state index contributed by atoms with van der Waals surface area (Å²) in [5.74, 6) is -0.813. The first-order valence-electron chi connectivity index (χ1n) is 8.46. The predicted molar refractivity (Wildman–Crippen MR) is 101 cm³/mol. The number of carbonyl (C=O) groups is 2. The average Bonchev–Trinajstić information content (AvgIpc) is 2.92. The molecular weight excluding hydrogens is 346 g/mol. The van der Waals surface area contributed by atoms with Gasteiger partial charge in [0.15, 0.2) is 0 Å². The number of esters is 1. The van der Waals surface area contributed by atoms with Crippen LogP contribution in [0.25, 0.3) is 5.70 Å². The number of methoxy groups -OCH3 is 2. The zero-order chi connectivity index (χ0) is 19.6. The maximum Gasteiger partial charge on any atom is 0.310 e. The number of para-hydroxylation sites is 2. The van der Waals surface area contributed by atoms with E-state index in [1.165, 1.54) is 25.2 Å². The van der Waals surface area contributed by atoms with Gasteiger partial charge in [-0.25, -0.2) is 0 Å². The van der Waals surface area contributed by atoms with Crippen LogP contribution in [0.5, 0.6) is 5.75 Å². The van der Waals surface area contributed by atoms with E-state index in [4.69, 9.17) is 9.47 Å². The molecule has 2 aromatic rings. The molecule has 0 aromatic heterocycles. The minimum Gasteiger partial charge on any atom is -0.495 e. The number of aliphatic hydroxyl groups is 1. The van der Waals surface area contributed by atoms with Crippen molar-refractivity contribution in [3.63, 3.8) is 0 Å². The molecule has 140 valence electrons. The molecule has 0 bridgehead atoms. The van der Waals surface area contributed by atoms with E-state index < -0.39 is 23.9 Å². The summed E-state index contributed by atoms with van der Waals surface area (Å²) in [6.45, 7) is 1.96. The molecule has 0 spiro atoms. The fourth-order valence-electron chi connectivity index (χ4n) is 3.13. The van der Waals surface area contributed by atoms with E-state index in [0.29, 0.717) is 17.1 Å². The van der Waals surface area contributed by atoms with Crippen LogP contribution in [0.3, 0.4) is 0 Å². The largest absolute Gasteiger partial charge is 0.495 e. The summed E-state index contributed by atoms with van der Waals surface area (Å²) in [7, 11) is 2.72. The minimum absolute atomic E-state index is 0.466. The van der Waals surface area contributed by atoms with Gasteiger partial charge in [-0.15, -0.1) is 0 Å². The second-order valence-electron chi connectivity index (χ2n) is 6.34. The highest BCUT2D eigenvalue weighted by atomic mass is 16.5. The van der Waals surface area contributed by atoms with Crippen molar-refractivity contribution in [3.05, 3.63) is 65.7 Å². The number of ether oxygens (including phenoxy) is 2. The molecule has 1 atom stereocenters. The smallest absolute Gasteiger partial charge is 0.310 e. The SMILES string of the molecule is COC(=O)C[C@]1(O)C(=O)C=C(c2ccc(C)cc2)N1c1ccccc1OC. The fourth-order valence-corrected chi connectivity index (χ4v) is 3.13. The number of aryl methyl sites for hydroxylation is 1. The van der Waals surface area contributed by atoms with Crippen LogP contribution in [0.2, 0.25) is 0 Å². The Balaban J connectivity index is 2.17. The van der Waals surface area contributed by atoms with Gasteiger partial charge in [0, 0.05) is 6.08 Å². The number of ketones is 1. The number of carbonyl (C=O) groups excluding carboxylic acids is 2. The summed E-state index contributed by atoms with van der Waals surface area (Å²) in [5.41, 5.74) is 0.667. The first kappa shape index (κ1) is 18.7. The van der Waals surface area contributed by atoms with E-state index in [2.05, 4.69) is 0 Å². The molecule has 0 aliphatic carbocycles. The predicted octanol–water partition coefficient (Wildman–Crippen LogP) is 2.69. The van der Waals surface area contributed by atoms with Gasteiger partial charge < -0.3 is 19.5 Å². The highest BCUT2D eigenvalue weighted by Gasteiger charge is 2.50. The van der Waals surface area contributed by atoms with E-state index in [-0.39, 0.29) is 0 Å². The number of nitrogens with zero attached hydrogens (tertiary/aromatic N) is 1. The summed E-state index contributed by atoms with van der Waals surface area (Å²) in [6, 6.07) is 14.6. The Morgan fingerprint density at radius 3 is 2.41 bits per heavy atom. The molecule has 1 N–H and O–H groups in total. The normalized spacial score (nSPS) is 19.0. The van der Waals surface area contributed by atoms with Crippen LogP contribution in [0.4, 0.5) is 5.69 Å². The highest BCUT2D eigenvalue weighted by Crippen LogP contribution is 2.44. The highest BCUT2D eigenvalue weighted by molar-refractivity contribution is 6.14. The fraction of sp³-hybridized carbons (Fsp3) is 0.238. The average molecular weight is 367 g/mol. The minimum atomic E-state index is -2.10. The van der Waals surface area contributed by atoms with Gasteiger partial charge in [0.05, 0.1) is 25.6 Å². The molecule has 0 amide bonds. The molecule has 2 aromatic carbocycles. The van der Waals surface area contributed by atoms with Crippen molar-refractivity contribution in [3.8, 4) is 5.75 Å². The summed E-state index contributed by atoms with van der Waals surface area (Å²) in [6.07, 6.45) is 0.840. The number of hydrogen-bond donors (Lipinski definition) is 1. The maximum absolute atomic E-state index is 12.8. The van der Waals surface area contributed by atoms with Crippen LogP contribution in [0, 0.1) is 6.92 Å². The Morgan fingerprint density at radius 2 is 1.78 bits per heavy atom. The van der Waals surface area contributed by atoms with E-state index in [1.807, 2.05) is 31.2 Å². The van der Waals surface area contributed by atoms with Crippen LogP contribution in [0.1, 0.15) is 17.5 Å². The first-order valence-corrected chi connectivity index (χ1v) is 8.46. The quantitative estimate of drug-likeness (QED) is 0.819. The lowest BCUT2D eigenvalue weighted by molar-refractivity contribution is -0.150. The van der Waals surface area contributed by atoms with Gasteiger partial charge in [-0.05, 0) is 24.6 Å². The van der Waals surface area contributed by atoms with Crippen molar-refractivity contribution in [1.82, 2.24) is 0 Å². The van der Waals surface area contributed by atoms with Gasteiger partial charge in [0.2, 0.25) is 11.5 Å². The summed E-state index contributed by atoms with van der Waals surface area (Å²) in [5, 5.41) is 11.2. The Morgan fingerprint density at radius 1 is 1.11 bits per heavy atom. The van der Waals surface area contributed by atoms with Crippen LogP contribution in [-0.2, 0) is 14.3 Å². The van der Waals surface area contributed by atoms with Crippen molar-refractivity contribution in [1.29, 1.82) is 0 Å². The van der Waals surface area contributed by atoms with Gasteiger partial charge in [0.25, 0.3) is 0 Å². The molecule has 0 unspecified atom stereocenters. The first-order chi connectivity index (χ1) is 12.9. The monoisotopic (exact) mass is 367 g/mol. The lowest BCUT2D eigenvalue weighted by Crippen LogP contribution is -2.51. The topological polar surface area (TPSA) is 76.1 Å². The molecular formula is C21H21NO5. The molecule has 27 heavy (non-hydrogen) atoms. The van der Waals surface area contributed by atoms with E-state index in [1.54, 1.807) is 24.3 Å². The van der Waals surface area contributed by atoms with Crippen molar-refractivity contribution in [2.75, 3.05) is 19.1 Å². The summed E-state index contributed by atoms with van der Waals surface area (Å²) >= 11 is 0. The zero-order valence-electron chi connectivity index (χ0n) is 15.4. The third-order valence-electron chi connectivity index (χ3n) is 4.57. The third kappa shape index (κ3) is 3.31. The Kier molecular flexibility index (Phi) is 5.01. The van der Waals surface area contributed by atoms with Crippen molar-refractivity contribution in [2.24, 2.45) is 0 Å². The number of anilines is 1. The molecule has 1 aliphatic rings. The Bertz CT molecular complexity index is 903. The van der Waals surface area contributed by atoms with Crippen molar-refractivity contribution in [2.45, 2.75) is 19.1 Å². The van der Waals surface area contributed by atoms with Gasteiger partial charge in [-0.3, -0.25) is 9.59 Å². The molecule has 0 fully saturated rings. The lowest BCUT2D eigenvalue weighted by Gasteiger charge is -2.36. The molecule has 3 rings (SSSR count). The molecule has 0 saturated carbocycles. The number of rotatable bonds is 5. The molecule has 1 heterocycles. The summed E-state index contributed by atoms with van der Waals surface area (Å²) in [4.78, 5) is 26.1. The molecule has 1 aliphatic heterocycles. The molecule has 0 radical (unpaired) electrons. The zero-order valence-corrected chi connectivity index (χ0v) is 15.4. The van der Waals surface area contributed by atoms with E-state index in [9.17, 15) is 14.7 Å². The van der Waals surface area contributed by atoms with Crippen LogP contribution in [-0.4, -0.2) is 36.8 Å². The third-order valence-corrected chi connectivity index (χ3v) is 4.57. The maximum atomic E-state index is 12.8. The van der Waals surface area contributed by atoms with Crippen LogP contribution in [0.15, 0.2) is 54.6 Å². The van der Waals surface area contributed by atoms with E-state index >= 15 is 0 Å². The Hall–Kier alpha value is -3.12. The van der Waals surface area contributed by atoms with E-state index in [0.717, 1.165) is 11.1 Å². The standard InChI is InChI=1S/C21H21NO5/c1-14-8-10-15(11-9-14)17-12-19(23)21(25,13-20(24)27-3)22(17)16-6-4-5-7-18(16)26-2/h4-12,25H,13H2,1-3H3/t21-/m0/s1. The number of hydrogen-bond acceptors (Lipinski definition) is 6. The van der Waals surface area contributed by atoms with Crippen molar-refractivity contribution >= 4 is 23.1 Å². The molecule has 0 saturated heterocycles. The second kappa shape index (κ2) is 7.25. The van der Waals surface area contributed by atoms with Crippen LogP contribution < -0.4 is 9.64 Å². The Labute approximate surface area is 157 Å². The van der Waals surface area contributed by atoms with Gasteiger partial charge in [-0.1, -0.05) is 42.0 Å². The van der Waals surface area contributed by atoms with Crippen molar-refractivity contribution < 1.29 is 24.2 Å². The van der Waals surface area contributed by atoms with Gasteiger partial charge >= 0.3 is 5.97 Å². The lowest BCUT2D eigenvalue weighted by atomic mass is 10.0. The number of benzene rings is 2. The summed E-state index contributed by atoms with van der Waals surface area (Å²) < 4.78 is 10.1. The molecule has 6 nitrogen and oxygen atoms in total. The van der Waals surface area contributed by atoms with Crippen LogP contribution >= 0.6 is 0 Å². The van der Waals surface area contributed by atoms with Gasteiger partial charge in [-0.2, -0.15) is 0 Å². The molecule has 6 heteroatoms. The second-order valence-corrected chi connectivity index (χ2v) is 6.34. The van der Waals surface area contributed by atoms with Gasteiger partial charge in [0.1, 0.15) is 12.2 Å².